The molecule has 0 aromatic heterocycles. The Morgan fingerprint density at radius 2 is 1.97 bits per heavy atom. The number of nitrogens with one attached hydrogen (secondary N) is 1. The number of ether oxygens (including phenoxy) is 1. The molecule has 31 heavy (non-hydrogen) atoms. The molecule has 0 atom stereocenters. The molecule has 2 aromatic rings. The molecule has 0 fully saturated rings. The normalized spacial score (nSPS) is 11.9. The van der Waals surface area contributed by atoms with E-state index in [1.807, 2.05) is 5.43 Å². The van der Waals surface area contributed by atoms with Crippen LogP contribution in [0.1, 0.15) is 12.5 Å². The Kier molecular flexibility index (Phi) is 8.02. The van der Waals surface area contributed by atoms with Crippen molar-refractivity contribution >= 4 is 29.5 Å². The standard InChI is InChI=1S/C19H16FN5O6/c1-2-31-19(28)17(26)16(23-22-14-8-6-13(20)7-9-14)18(27)24-21-11-12-4-3-5-15(10-12)25(29)30/h3-11,26H,2H2,1H3,(H,24,27)/b17-16?,21-11+,23-22?. The minimum atomic E-state index is -1.21. The third-order valence-corrected chi connectivity index (χ3v) is 3.46. The van der Waals surface area contributed by atoms with Crippen LogP contribution in [-0.2, 0) is 14.3 Å². The van der Waals surface area contributed by atoms with Gasteiger partial charge in [-0.25, -0.2) is 14.6 Å². The van der Waals surface area contributed by atoms with Gasteiger partial charge in [0.1, 0.15) is 5.82 Å². The molecule has 2 aromatic carbocycles. The maximum Gasteiger partial charge on any atom is 0.376 e. The second-order valence-electron chi connectivity index (χ2n) is 5.65. The highest BCUT2D eigenvalue weighted by Crippen LogP contribution is 2.16. The van der Waals surface area contributed by atoms with Gasteiger partial charge in [0, 0.05) is 17.7 Å². The number of rotatable bonds is 8. The topological polar surface area (TPSA) is 156 Å². The van der Waals surface area contributed by atoms with Gasteiger partial charge in [-0.2, -0.15) is 10.2 Å². The van der Waals surface area contributed by atoms with Gasteiger partial charge in [0.05, 0.1) is 23.4 Å². The summed E-state index contributed by atoms with van der Waals surface area (Å²) in [5.74, 6) is -3.96. The summed E-state index contributed by atoms with van der Waals surface area (Å²) < 4.78 is 17.6. The van der Waals surface area contributed by atoms with Crippen LogP contribution in [0, 0.1) is 15.9 Å². The number of aliphatic hydroxyl groups excluding tert-OH is 1. The van der Waals surface area contributed by atoms with E-state index in [0.29, 0.717) is 5.56 Å². The number of nitro groups is 1. The first-order valence-corrected chi connectivity index (χ1v) is 8.67. The van der Waals surface area contributed by atoms with Crippen LogP contribution >= 0.6 is 0 Å². The summed E-state index contributed by atoms with van der Waals surface area (Å²) in [5.41, 5.74) is 1.49. The third kappa shape index (κ3) is 6.81. The fraction of sp³-hybridized carbons (Fsp3) is 0.105. The van der Waals surface area contributed by atoms with Crippen molar-refractivity contribution in [3.05, 3.63) is 81.5 Å². The van der Waals surface area contributed by atoms with Gasteiger partial charge in [-0.1, -0.05) is 12.1 Å². The number of hydrazone groups is 1. The minimum absolute atomic E-state index is 0.0716. The van der Waals surface area contributed by atoms with Gasteiger partial charge in [-0.3, -0.25) is 14.9 Å². The molecule has 0 saturated carbocycles. The predicted molar refractivity (Wildman–Crippen MR) is 106 cm³/mol. The number of halogens is 1. The van der Waals surface area contributed by atoms with Gasteiger partial charge in [-0.15, -0.1) is 5.11 Å². The van der Waals surface area contributed by atoms with E-state index in [1.54, 1.807) is 0 Å². The van der Waals surface area contributed by atoms with Gasteiger partial charge in [0.15, 0.2) is 0 Å². The SMILES string of the molecule is CCOC(=O)C(O)=C(N=Nc1ccc(F)cc1)C(=O)N/N=C/c1cccc([N+](=O)[O-])c1. The van der Waals surface area contributed by atoms with Crippen LogP contribution in [0.25, 0.3) is 0 Å². The number of hydrogen-bond acceptors (Lipinski definition) is 9. The number of benzene rings is 2. The summed E-state index contributed by atoms with van der Waals surface area (Å²) in [6.45, 7) is 1.42. The second-order valence-corrected chi connectivity index (χ2v) is 5.65. The fourth-order valence-electron chi connectivity index (χ4n) is 2.05. The van der Waals surface area contributed by atoms with Crippen molar-refractivity contribution in [3.8, 4) is 0 Å². The highest BCUT2D eigenvalue weighted by molar-refractivity contribution is 6.01. The first kappa shape index (κ1) is 22.8. The number of azo groups is 1. The van der Waals surface area contributed by atoms with E-state index in [4.69, 9.17) is 0 Å². The number of non-ortho nitro benzene ring substituents is 1. The molecule has 0 heterocycles. The van der Waals surface area contributed by atoms with Gasteiger partial charge in [0.2, 0.25) is 11.5 Å². The number of amides is 1. The predicted octanol–water partition coefficient (Wildman–Crippen LogP) is 3.30. The molecule has 0 saturated heterocycles. The van der Waals surface area contributed by atoms with Crippen molar-refractivity contribution in [2.75, 3.05) is 6.61 Å². The van der Waals surface area contributed by atoms with E-state index in [2.05, 4.69) is 20.1 Å². The average Bonchev–Trinajstić information content (AvgIpc) is 2.75. The van der Waals surface area contributed by atoms with E-state index in [9.17, 15) is 29.2 Å². The zero-order chi connectivity index (χ0) is 22.8. The Morgan fingerprint density at radius 3 is 2.61 bits per heavy atom. The number of hydrogen-bond donors (Lipinski definition) is 2. The molecule has 0 aliphatic rings. The largest absolute Gasteiger partial charge is 0.500 e. The van der Waals surface area contributed by atoms with Crippen molar-refractivity contribution in [2.24, 2.45) is 15.3 Å². The van der Waals surface area contributed by atoms with Crippen LogP contribution in [-0.4, -0.2) is 34.7 Å². The molecule has 2 rings (SSSR count). The monoisotopic (exact) mass is 429 g/mol. The molecule has 11 nitrogen and oxygen atoms in total. The first-order valence-electron chi connectivity index (χ1n) is 8.67. The lowest BCUT2D eigenvalue weighted by molar-refractivity contribution is -0.384. The lowest BCUT2D eigenvalue weighted by Crippen LogP contribution is -2.22. The zero-order valence-electron chi connectivity index (χ0n) is 16.1. The Balaban J connectivity index is 2.24. The molecule has 1 amide bonds. The van der Waals surface area contributed by atoms with Crippen molar-refractivity contribution in [1.29, 1.82) is 0 Å². The van der Waals surface area contributed by atoms with Crippen LogP contribution in [0.3, 0.4) is 0 Å². The van der Waals surface area contributed by atoms with Crippen LogP contribution < -0.4 is 5.43 Å². The zero-order valence-corrected chi connectivity index (χ0v) is 16.1. The lowest BCUT2D eigenvalue weighted by atomic mass is 10.2. The highest BCUT2D eigenvalue weighted by atomic mass is 19.1. The Labute approximate surface area is 174 Å². The third-order valence-electron chi connectivity index (χ3n) is 3.46. The molecule has 2 N–H and O–H groups in total. The number of carbonyl (C=O) groups excluding carboxylic acids is 2. The van der Waals surface area contributed by atoms with E-state index in [1.165, 1.54) is 43.3 Å². The van der Waals surface area contributed by atoms with Crippen molar-refractivity contribution in [1.82, 2.24) is 5.43 Å². The van der Waals surface area contributed by atoms with E-state index in [-0.39, 0.29) is 18.0 Å². The fourth-order valence-corrected chi connectivity index (χ4v) is 2.05. The molecular formula is C19H16FN5O6. The van der Waals surface area contributed by atoms with Crippen LogP contribution in [0.5, 0.6) is 0 Å². The van der Waals surface area contributed by atoms with E-state index < -0.39 is 34.1 Å². The molecule has 160 valence electrons. The number of nitrogens with zero attached hydrogens (tertiary/aromatic N) is 4. The molecule has 0 aliphatic carbocycles. The van der Waals surface area contributed by atoms with Gasteiger partial charge in [-0.05, 0) is 31.2 Å². The number of aliphatic hydroxyl groups is 1. The molecule has 0 bridgehead atoms. The average molecular weight is 429 g/mol. The lowest BCUT2D eigenvalue weighted by Gasteiger charge is -2.04. The molecule has 0 aliphatic heterocycles. The second kappa shape index (κ2) is 10.9. The van der Waals surface area contributed by atoms with E-state index in [0.717, 1.165) is 18.3 Å². The van der Waals surface area contributed by atoms with Gasteiger partial charge < -0.3 is 9.84 Å². The molecule has 12 heteroatoms. The van der Waals surface area contributed by atoms with Crippen molar-refractivity contribution in [3.63, 3.8) is 0 Å². The Hall–Kier alpha value is -4.48. The molecule has 0 radical (unpaired) electrons. The summed E-state index contributed by atoms with van der Waals surface area (Å²) in [4.78, 5) is 34.3. The first-order chi connectivity index (χ1) is 14.8. The van der Waals surface area contributed by atoms with Gasteiger partial charge >= 0.3 is 5.97 Å². The summed E-state index contributed by atoms with van der Waals surface area (Å²) >= 11 is 0. The minimum Gasteiger partial charge on any atom is -0.500 e. The Bertz CT molecular complexity index is 1070. The van der Waals surface area contributed by atoms with Crippen LogP contribution in [0.15, 0.2) is 75.3 Å². The summed E-state index contributed by atoms with van der Waals surface area (Å²) in [5, 5.41) is 31.7. The summed E-state index contributed by atoms with van der Waals surface area (Å²) in [7, 11) is 0. The van der Waals surface area contributed by atoms with Crippen LogP contribution in [0.2, 0.25) is 0 Å². The summed E-state index contributed by atoms with van der Waals surface area (Å²) in [6.07, 6.45) is 1.11. The maximum absolute atomic E-state index is 13.0. The van der Waals surface area contributed by atoms with Crippen LogP contribution in [0.4, 0.5) is 15.8 Å². The Morgan fingerprint density at radius 1 is 1.26 bits per heavy atom. The van der Waals surface area contributed by atoms with Gasteiger partial charge in [0.25, 0.3) is 11.6 Å². The molecule has 0 spiro atoms. The molecular weight excluding hydrogens is 413 g/mol. The van der Waals surface area contributed by atoms with E-state index >= 15 is 0 Å². The number of nitro benzene ring substituents is 1. The quantitative estimate of drug-likeness (QED) is 0.125. The summed E-state index contributed by atoms with van der Waals surface area (Å²) in [6, 6.07) is 10.2. The molecule has 0 unspecified atom stereocenters. The van der Waals surface area contributed by atoms with Crippen molar-refractivity contribution < 1.29 is 28.7 Å². The highest BCUT2D eigenvalue weighted by Gasteiger charge is 2.22. The van der Waals surface area contributed by atoms with Crippen molar-refractivity contribution in [2.45, 2.75) is 6.92 Å². The maximum atomic E-state index is 13.0. The number of carbonyl (C=O) groups is 2. The number of esters is 1. The smallest absolute Gasteiger partial charge is 0.376 e.